The Morgan fingerprint density at radius 3 is 2.59 bits per heavy atom. The second-order valence-electron chi connectivity index (χ2n) is 9.65. The van der Waals surface area contributed by atoms with Gasteiger partial charge in [0, 0.05) is 37.8 Å². The highest BCUT2D eigenvalue weighted by Gasteiger charge is 2.24. The van der Waals surface area contributed by atoms with E-state index in [9.17, 15) is 0 Å². The van der Waals surface area contributed by atoms with Gasteiger partial charge in [0.1, 0.15) is 0 Å². The molecule has 4 N–H and O–H groups in total. The molecule has 0 atom stereocenters. The largest absolute Gasteiger partial charge is 0.379 e. The van der Waals surface area contributed by atoms with Crippen molar-refractivity contribution in [2.75, 3.05) is 50.0 Å². The van der Waals surface area contributed by atoms with E-state index in [-0.39, 0.29) is 0 Å². The number of morpholine rings is 1. The number of hydrogen-bond acceptors (Lipinski definition) is 8. The van der Waals surface area contributed by atoms with Gasteiger partial charge in [-0.25, -0.2) is 4.98 Å². The lowest BCUT2D eigenvalue weighted by molar-refractivity contribution is 0.0378. The van der Waals surface area contributed by atoms with Gasteiger partial charge in [-0.05, 0) is 51.5 Å². The minimum absolute atomic E-state index is 0.337. The van der Waals surface area contributed by atoms with Crippen LogP contribution < -0.4 is 16.4 Å². The van der Waals surface area contributed by atoms with Crippen molar-refractivity contribution in [3.05, 3.63) is 6.33 Å². The lowest BCUT2D eigenvalue weighted by Gasteiger charge is -2.27. The summed E-state index contributed by atoms with van der Waals surface area (Å²) in [5.74, 6) is 1.57. The SMILES string of the molecule is N[C@H]1CC[C@H](Nc2nc(NCCCN3CCOCC3)c3ncn(C4CCCC4)c3n2)CC1. The normalized spacial score (nSPS) is 25.4. The molecule has 3 heterocycles. The van der Waals surface area contributed by atoms with Crippen molar-refractivity contribution in [1.29, 1.82) is 0 Å². The molecular weight excluding hydrogens is 404 g/mol. The van der Waals surface area contributed by atoms with Gasteiger partial charge < -0.3 is 25.7 Å². The first kappa shape index (κ1) is 21.9. The molecule has 0 amide bonds. The fraction of sp³-hybridized carbons (Fsp3) is 0.783. The monoisotopic (exact) mass is 442 g/mol. The smallest absolute Gasteiger partial charge is 0.227 e. The van der Waals surface area contributed by atoms with Crippen LogP contribution in [-0.2, 0) is 4.74 Å². The van der Waals surface area contributed by atoms with E-state index >= 15 is 0 Å². The van der Waals surface area contributed by atoms with Crippen LogP contribution in [0.1, 0.15) is 63.8 Å². The molecule has 0 radical (unpaired) electrons. The van der Waals surface area contributed by atoms with Gasteiger partial charge in [-0.3, -0.25) is 4.90 Å². The van der Waals surface area contributed by atoms with Crippen molar-refractivity contribution in [2.24, 2.45) is 5.73 Å². The first-order valence-corrected chi connectivity index (χ1v) is 12.6. The Bertz CT molecular complexity index is 866. The summed E-state index contributed by atoms with van der Waals surface area (Å²) >= 11 is 0. The maximum atomic E-state index is 6.10. The highest BCUT2D eigenvalue weighted by molar-refractivity contribution is 5.84. The second kappa shape index (κ2) is 10.3. The zero-order valence-electron chi connectivity index (χ0n) is 19.1. The van der Waals surface area contributed by atoms with Gasteiger partial charge in [-0.15, -0.1) is 0 Å². The van der Waals surface area contributed by atoms with E-state index in [1.165, 1.54) is 25.7 Å². The van der Waals surface area contributed by atoms with E-state index in [4.69, 9.17) is 25.4 Å². The Balaban J connectivity index is 1.31. The first-order chi connectivity index (χ1) is 15.8. The Hall–Kier alpha value is -1.97. The number of anilines is 2. The molecule has 0 unspecified atom stereocenters. The summed E-state index contributed by atoms with van der Waals surface area (Å²) in [6.45, 7) is 5.71. The van der Waals surface area contributed by atoms with Crippen LogP contribution >= 0.6 is 0 Å². The topological polar surface area (TPSA) is 106 Å². The third kappa shape index (κ3) is 5.15. The quantitative estimate of drug-likeness (QED) is 0.536. The zero-order chi connectivity index (χ0) is 21.8. The van der Waals surface area contributed by atoms with Gasteiger partial charge in [0.15, 0.2) is 17.0 Å². The van der Waals surface area contributed by atoms with E-state index in [1.807, 2.05) is 6.33 Å². The van der Waals surface area contributed by atoms with E-state index in [2.05, 4.69) is 20.1 Å². The van der Waals surface area contributed by atoms with Gasteiger partial charge in [0.05, 0.1) is 19.5 Å². The number of nitrogens with zero attached hydrogens (tertiary/aromatic N) is 5. The van der Waals surface area contributed by atoms with Crippen LogP contribution in [0.5, 0.6) is 0 Å². The summed E-state index contributed by atoms with van der Waals surface area (Å²) in [7, 11) is 0. The Morgan fingerprint density at radius 1 is 1.03 bits per heavy atom. The molecule has 176 valence electrons. The minimum atomic E-state index is 0.337. The first-order valence-electron chi connectivity index (χ1n) is 12.6. The molecule has 9 nitrogen and oxygen atoms in total. The molecule has 9 heteroatoms. The summed E-state index contributed by atoms with van der Waals surface area (Å²) in [4.78, 5) is 17.0. The molecule has 2 aliphatic carbocycles. The Labute approximate surface area is 190 Å². The molecule has 5 rings (SSSR count). The van der Waals surface area contributed by atoms with Crippen molar-refractivity contribution < 1.29 is 4.74 Å². The van der Waals surface area contributed by atoms with Crippen LogP contribution in [0, 0.1) is 0 Å². The molecule has 3 fully saturated rings. The van der Waals surface area contributed by atoms with Crippen molar-refractivity contribution in [3.63, 3.8) is 0 Å². The maximum Gasteiger partial charge on any atom is 0.227 e. The summed E-state index contributed by atoms with van der Waals surface area (Å²) in [5.41, 5.74) is 7.94. The van der Waals surface area contributed by atoms with Crippen LogP contribution in [0.2, 0.25) is 0 Å². The van der Waals surface area contributed by atoms with Crippen LogP contribution in [0.15, 0.2) is 6.33 Å². The Kier molecular flexibility index (Phi) is 7.04. The average molecular weight is 443 g/mol. The van der Waals surface area contributed by atoms with E-state index in [0.29, 0.717) is 24.1 Å². The van der Waals surface area contributed by atoms with Gasteiger partial charge in [-0.1, -0.05) is 12.8 Å². The molecule has 2 aromatic rings. The molecule has 1 saturated heterocycles. The summed E-state index contributed by atoms with van der Waals surface area (Å²) in [5, 5.41) is 7.17. The van der Waals surface area contributed by atoms with Crippen molar-refractivity contribution in [2.45, 2.75) is 75.9 Å². The van der Waals surface area contributed by atoms with E-state index in [0.717, 1.165) is 88.5 Å². The number of imidazole rings is 1. The third-order valence-corrected chi connectivity index (χ3v) is 7.29. The molecule has 0 spiro atoms. The van der Waals surface area contributed by atoms with Crippen molar-refractivity contribution >= 4 is 22.9 Å². The van der Waals surface area contributed by atoms with Gasteiger partial charge in [-0.2, -0.15) is 9.97 Å². The fourth-order valence-electron chi connectivity index (χ4n) is 5.33. The number of ether oxygens (including phenoxy) is 1. The number of hydrogen-bond donors (Lipinski definition) is 3. The Morgan fingerprint density at radius 2 is 1.81 bits per heavy atom. The summed E-state index contributed by atoms with van der Waals surface area (Å²) in [6.07, 6.45) is 12.3. The van der Waals surface area contributed by atoms with Gasteiger partial charge in [0.25, 0.3) is 0 Å². The molecule has 0 bridgehead atoms. The standard InChI is InChI=1S/C23H38N8O/c24-17-6-8-18(9-7-17)27-23-28-21(25-10-3-11-30-12-14-32-15-13-30)20-22(29-23)31(16-26-20)19-4-1-2-5-19/h16-19H,1-15,24H2,(H2,25,27,28,29)/t17-,18-. The van der Waals surface area contributed by atoms with Crippen LogP contribution in [0.3, 0.4) is 0 Å². The number of rotatable bonds is 8. The lowest BCUT2D eigenvalue weighted by Crippen LogP contribution is -2.37. The number of nitrogens with two attached hydrogens (primary N) is 1. The van der Waals surface area contributed by atoms with Crippen LogP contribution in [-0.4, -0.2) is 75.9 Å². The third-order valence-electron chi connectivity index (χ3n) is 7.29. The molecule has 1 aliphatic heterocycles. The summed E-state index contributed by atoms with van der Waals surface area (Å²) in [6, 6.07) is 1.23. The minimum Gasteiger partial charge on any atom is -0.379 e. The van der Waals surface area contributed by atoms with Crippen molar-refractivity contribution in [1.82, 2.24) is 24.4 Å². The zero-order valence-corrected chi connectivity index (χ0v) is 19.1. The van der Waals surface area contributed by atoms with Crippen molar-refractivity contribution in [3.8, 4) is 0 Å². The predicted octanol–water partition coefficient (Wildman–Crippen LogP) is 2.76. The maximum absolute atomic E-state index is 6.10. The molecule has 2 saturated carbocycles. The fourth-order valence-corrected chi connectivity index (χ4v) is 5.33. The number of aromatic nitrogens is 4. The highest BCUT2D eigenvalue weighted by atomic mass is 16.5. The molecule has 3 aliphatic rings. The number of nitrogens with one attached hydrogen (secondary N) is 2. The van der Waals surface area contributed by atoms with E-state index < -0.39 is 0 Å². The highest BCUT2D eigenvalue weighted by Crippen LogP contribution is 2.33. The van der Waals surface area contributed by atoms with Gasteiger partial charge in [0.2, 0.25) is 5.95 Å². The summed E-state index contributed by atoms with van der Waals surface area (Å²) < 4.78 is 7.73. The van der Waals surface area contributed by atoms with Crippen LogP contribution in [0.25, 0.3) is 11.2 Å². The number of fused-ring (bicyclic) bond motifs is 1. The average Bonchev–Trinajstić information content (AvgIpc) is 3.49. The second-order valence-corrected chi connectivity index (χ2v) is 9.65. The van der Waals surface area contributed by atoms with Gasteiger partial charge >= 0.3 is 0 Å². The molecule has 32 heavy (non-hydrogen) atoms. The molecule has 0 aromatic carbocycles. The van der Waals surface area contributed by atoms with Crippen LogP contribution in [0.4, 0.5) is 11.8 Å². The molecule has 2 aromatic heterocycles. The lowest BCUT2D eigenvalue weighted by atomic mass is 9.92. The molecular formula is C23H38N8O. The van der Waals surface area contributed by atoms with E-state index in [1.54, 1.807) is 0 Å². The predicted molar refractivity (Wildman–Crippen MR) is 127 cm³/mol.